The fourth-order valence-corrected chi connectivity index (χ4v) is 3.72. The van der Waals surface area contributed by atoms with Gasteiger partial charge < -0.3 is 24.8 Å². The lowest BCUT2D eigenvalue weighted by atomic mass is 10.2. The van der Waals surface area contributed by atoms with Crippen LogP contribution in [0.4, 0.5) is 10.5 Å². The lowest BCUT2D eigenvalue weighted by Crippen LogP contribution is -2.48. The number of morpholine rings is 1. The molecule has 2 amide bonds. The van der Waals surface area contributed by atoms with Gasteiger partial charge in [0.2, 0.25) is 0 Å². The lowest BCUT2D eigenvalue weighted by Gasteiger charge is -2.33. The monoisotopic (exact) mass is 441 g/mol. The van der Waals surface area contributed by atoms with Gasteiger partial charge in [0.15, 0.2) is 0 Å². The minimum absolute atomic E-state index is 0.0194. The average Bonchev–Trinajstić information content (AvgIpc) is 2.78. The van der Waals surface area contributed by atoms with Crippen LogP contribution in [0.2, 0.25) is 0 Å². The highest BCUT2D eigenvalue weighted by Crippen LogP contribution is 2.15. The summed E-state index contributed by atoms with van der Waals surface area (Å²) in [5, 5.41) is 5.82. The van der Waals surface area contributed by atoms with E-state index in [1.165, 1.54) is 0 Å². The van der Waals surface area contributed by atoms with Gasteiger partial charge in [-0.05, 0) is 41.3 Å². The topological polar surface area (TPSA) is 72.1 Å². The van der Waals surface area contributed by atoms with Gasteiger partial charge >= 0.3 is 6.03 Å². The Balaban J connectivity index is 1.40. The summed E-state index contributed by atoms with van der Waals surface area (Å²) in [7, 11) is 1.65. The number of anilines is 1. The molecule has 1 unspecified atom stereocenters. The van der Waals surface area contributed by atoms with Crippen molar-refractivity contribution in [3.63, 3.8) is 0 Å². The molecule has 2 aromatic carbocycles. The first-order valence-electron chi connectivity index (χ1n) is 11.2. The number of carbonyl (C=O) groups excluding carboxylic acids is 1. The van der Waals surface area contributed by atoms with Crippen LogP contribution in [0.5, 0.6) is 5.75 Å². The second-order valence-electron chi connectivity index (χ2n) is 8.52. The van der Waals surface area contributed by atoms with Gasteiger partial charge in [0.1, 0.15) is 5.75 Å². The molecule has 2 N–H and O–H groups in total. The summed E-state index contributed by atoms with van der Waals surface area (Å²) >= 11 is 0. The molecule has 0 aliphatic carbocycles. The Morgan fingerprint density at radius 3 is 2.69 bits per heavy atom. The van der Waals surface area contributed by atoms with Gasteiger partial charge in [0, 0.05) is 31.9 Å². The summed E-state index contributed by atoms with van der Waals surface area (Å²) in [6.45, 7) is 9.46. The zero-order valence-corrected chi connectivity index (χ0v) is 19.3. The molecule has 7 nitrogen and oxygen atoms in total. The van der Waals surface area contributed by atoms with Crippen molar-refractivity contribution in [3.05, 3.63) is 59.7 Å². The van der Waals surface area contributed by atoms with E-state index in [9.17, 15) is 4.79 Å². The molecule has 2 aromatic rings. The SMILES string of the molecule is COc1ccc(COCc2cccc(NC(=O)NCC3CN(CC(C)C)CCO3)c2)cc1. The number of ether oxygens (including phenoxy) is 3. The summed E-state index contributed by atoms with van der Waals surface area (Å²) < 4.78 is 16.8. The van der Waals surface area contributed by atoms with Crippen molar-refractivity contribution in [2.45, 2.75) is 33.2 Å². The first kappa shape index (κ1) is 24.0. The Morgan fingerprint density at radius 2 is 1.94 bits per heavy atom. The van der Waals surface area contributed by atoms with Gasteiger partial charge in [-0.1, -0.05) is 38.1 Å². The highest BCUT2D eigenvalue weighted by molar-refractivity contribution is 5.89. The Hall–Kier alpha value is -2.61. The molecule has 3 rings (SSSR count). The molecule has 1 aliphatic heterocycles. The van der Waals surface area contributed by atoms with Crippen molar-refractivity contribution < 1.29 is 19.0 Å². The molecule has 1 saturated heterocycles. The van der Waals surface area contributed by atoms with Gasteiger partial charge in [-0.2, -0.15) is 0 Å². The number of carbonyl (C=O) groups is 1. The number of amides is 2. The van der Waals surface area contributed by atoms with Crippen molar-refractivity contribution in [3.8, 4) is 5.75 Å². The minimum Gasteiger partial charge on any atom is -0.497 e. The predicted molar refractivity (Wildman–Crippen MR) is 126 cm³/mol. The van der Waals surface area contributed by atoms with Crippen molar-refractivity contribution >= 4 is 11.7 Å². The maximum atomic E-state index is 12.3. The van der Waals surface area contributed by atoms with Gasteiger partial charge in [-0.15, -0.1) is 0 Å². The third-order valence-corrected chi connectivity index (χ3v) is 5.22. The van der Waals surface area contributed by atoms with E-state index in [1.807, 2.05) is 48.5 Å². The number of urea groups is 1. The van der Waals surface area contributed by atoms with Crippen LogP contribution in [0.15, 0.2) is 48.5 Å². The maximum absolute atomic E-state index is 12.3. The van der Waals surface area contributed by atoms with Crippen molar-refractivity contribution in [2.24, 2.45) is 5.92 Å². The van der Waals surface area contributed by atoms with Crippen LogP contribution in [-0.4, -0.2) is 56.9 Å². The van der Waals surface area contributed by atoms with Crippen LogP contribution in [0.1, 0.15) is 25.0 Å². The molecule has 0 saturated carbocycles. The van der Waals surface area contributed by atoms with E-state index in [-0.39, 0.29) is 12.1 Å². The number of nitrogens with one attached hydrogen (secondary N) is 2. The second kappa shape index (κ2) is 12.4. The Morgan fingerprint density at radius 1 is 1.16 bits per heavy atom. The molecule has 0 radical (unpaired) electrons. The molecular formula is C25H35N3O4. The second-order valence-corrected chi connectivity index (χ2v) is 8.52. The number of methoxy groups -OCH3 is 1. The summed E-state index contributed by atoms with van der Waals surface area (Å²) in [6, 6.07) is 15.3. The van der Waals surface area contributed by atoms with E-state index < -0.39 is 0 Å². The van der Waals surface area contributed by atoms with Crippen LogP contribution in [0, 0.1) is 5.92 Å². The summed E-state index contributed by atoms with van der Waals surface area (Å²) in [6.07, 6.45) is 0.0194. The van der Waals surface area contributed by atoms with Gasteiger partial charge in [-0.3, -0.25) is 4.90 Å². The van der Waals surface area contributed by atoms with Crippen LogP contribution in [-0.2, 0) is 22.7 Å². The van der Waals surface area contributed by atoms with E-state index in [1.54, 1.807) is 7.11 Å². The van der Waals surface area contributed by atoms with E-state index in [4.69, 9.17) is 14.2 Å². The molecule has 1 aliphatic rings. The maximum Gasteiger partial charge on any atom is 0.319 e. The Labute approximate surface area is 191 Å². The van der Waals surface area contributed by atoms with Crippen LogP contribution < -0.4 is 15.4 Å². The zero-order chi connectivity index (χ0) is 22.8. The van der Waals surface area contributed by atoms with E-state index in [0.29, 0.717) is 32.3 Å². The standard InChI is InChI=1S/C25H35N3O4/c1-19(2)15-28-11-12-32-24(16-28)14-26-25(29)27-22-6-4-5-21(13-22)18-31-17-20-7-9-23(30-3)10-8-20/h4-10,13,19,24H,11-12,14-18H2,1-3H3,(H2,26,27,29). The van der Waals surface area contributed by atoms with Gasteiger partial charge in [0.25, 0.3) is 0 Å². The lowest BCUT2D eigenvalue weighted by molar-refractivity contribution is -0.0288. The van der Waals surface area contributed by atoms with Crippen molar-refractivity contribution in [1.29, 1.82) is 0 Å². The first-order valence-corrected chi connectivity index (χ1v) is 11.2. The van der Waals surface area contributed by atoms with Crippen LogP contribution in [0.25, 0.3) is 0 Å². The highest BCUT2D eigenvalue weighted by atomic mass is 16.5. The van der Waals surface area contributed by atoms with Crippen molar-refractivity contribution in [1.82, 2.24) is 10.2 Å². The molecule has 32 heavy (non-hydrogen) atoms. The average molecular weight is 442 g/mol. The third kappa shape index (κ3) is 8.15. The largest absolute Gasteiger partial charge is 0.497 e. The number of rotatable bonds is 10. The molecule has 1 fully saturated rings. The Kier molecular flexibility index (Phi) is 9.34. The minimum atomic E-state index is -0.231. The molecule has 1 atom stereocenters. The zero-order valence-electron chi connectivity index (χ0n) is 19.3. The quantitative estimate of drug-likeness (QED) is 0.585. The van der Waals surface area contributed by atoms with E-state index in [0.717, 1.165) is 42.2 Å². The number of hydrogen-bond donors (Lipinski definition) is 2. The predicted octanol–water partition coefficient (Wildman–Crippen LogP) is 3.89. The van der Waals surface area contributed by atoms with E-state index in [2.05, 4.69) is 29.4 Å². The molecular weight excluding hydrogens is 406 g/mol. The highest BCUT2D eigenvalue weighted by Gasteiger charge is 2.21. The molecule has 0 aromatic heterocycles. The van der Waals surface area contributed by atoms with Crippen LogP contribution in [0.3, 0.4) is 0 Å². The van der Waals surface area contributed by atoms with Crippen LogP contribution >= 0.6 is 0 Å². The first-order chi connectivity index (χ1) is 15.5. The molecule has 0 spiro atoms. The van der Waals surface area contributed by atoms with E-state index >= 15 is 0 Å². The third-order valence-electron chi connectivity index (χ3n) is 5.22. The number of nitrogens with zero attached hydrogens (tertiary/aromatic N) is 1. The van der Waals surface area contributed by atoms with Crippen molar-refractivity contribution in [2.75, 3.05) is 45.2 Å². The normalized spacial score (nSPS) is 16.7. The fraction of sp³-hybridized carbons (Fsp3) is 0.480. The summed E-state index contributed by atoms with van der Waals surface area (Å²) in [5.74, 6) is 1.45. The molecule has 174 valence electrons. The molecule has 0 bridgehead atoms. The summed E-state index contributed by atoms with van der Waals surface area (Å²) in [5.41, 5.74) is 2.81. The van der Waals surface area contributed by atoms with Gasteiger partial charge in [0.05, 0.1) is 33.0 Å². The fourth-order valence-electron chi connectivity index (χ4n) is 3.72. The molecule has 7 heteroatoms. The molecule has 1 heterocycles. The Bertz CT molecular complexity index is 841. The smallest absolute Gasteiger partial charge is 0.319 e. The van der Waals surface area contributed by atoms with Gasteiger partial charge in [-0.25, -0.2) is 4.79 Å². The number of benzene rings is 2. The summed E-state index contributed by atoms with van der Waals surface area (Å²) in [4.78, 5) is 14.7. The number of hydrogen-bond acceptors (Lipinski definition) is 5.